The van der Waals surface area contributed by atoms with Crippen molar-refractivity contribution in [1.82, 2.24) is 4.90 Å². The van der Waals surface area contributed by atoms with Crippen LogP contribution in [0.15, 0.2) is 0 Å². The van der Waals surface area contributed by atoms with E-state index in [-0.39, 0.29) is 29.9 Å². The SMILES string of the molecule is CCC[C@@H]1CC[C@H]2CC[C@@H](C(=O)OC)N2C1=O. The van der Waals surface area contributed by atoms with Crippen LogP contribution in [0, 0.1) is 5.92 Å². The Bertz CT molecular complexity index is 316. The van der Waals surface area contributed by atoms with E-state index in [0.29, 0.717) is 0 Å². The van der Waals surface area contributed by atoms with E-state index in [9.17, 15) is 9.59 Å². The Balaban J connectivity index is 2.11. The lowest BCUT2D eigenvalue weighted by Gasteiger charge is -2.37. The summed E-state index contributed by atoms with van der Waals surface area (Å²) in [4.78, 5) is 25.8. The number of rotatable bonds is 3. The van der Waals surface area contributed by atoms with E-state index in [0.717, 1.165) is 38.5 Å². The summed E-state index contributed by atoms with van der Waals surface area (Å²) in [6.07, 6.45) is 5.71. The van der Waals surface area contributed by atoms with Crippen molar-refractivity contribution in [3.8, 4) is 0 Å². The van der Waals surface area contributed by atoms with E-state index in [1.54, 1.807) is 0 Å². The first-order valence-corrected chi connectivity index (χ1v) is 6.59. The van der Waals surface area contributed by atoms with Crippen molar-refractivity contribution < 1.29 is 14.3 Å². The van der Waals surface area contributed by atoms with E-state index in [1.807, 2.05) is 4.90 Å². The molecule has 2 aliphatic heterocycles. The fourth-order valence-electron chi connectivity index (χ4n) is 3.21. The van der Waals surface area contributed by atoms with Crippen LogP contribution in [0.25, 0.3) is 0 Å². The maximum atomic E-state index is 12.3. The van der Waals surface area contributed by atoms with Crippen LogP contribution in [-0.2, 0) is 14.3 Å². The van der Waals surface area contributed by atoms with Gasteiger partial charge in [0, 0.05) is 12.0 Å². The van der Waals surface area contributed by atoms with Crippen LogP contribution in [0.3, 0.4) is 0 Å². The molecule has 4 heteroatoms. The molecular formula is C13H21NO3. The Morgan fingerprint density at radius 1 is 1.35 bits per heavy atom. The average Bonchev–Trinajstić information content (AvgIpc) is 2.76. The van der Waals surface area contributed by atoms with Crippen LogP contribution < -0.4 is 0 Å². The topological polar surface area (TPSA) is 46.6 Å². The van der Waals surface area contributed by atoms with Crippen LogP contribution >= 0.6 is 0 Å². The van der Waals surface area contributed by atoms with Gasteiger partial charge in [-0.3, -0.25) is 4.79 Å². The van der Waals surface area contributed by atoms with Crippen molar-refractivity contribution in [2.24, 2.45) is 5.92 Å². The molecule has 2 saturated heterocycles. The predicted octanol–water partition coefficient (Wildman–Crippen LogP) is 1.73. The molecule has 2 aliphatic rings. The van der Waals surface area contributed by atoms with E-state index in [4.69, 9.17) is 4.74 Å². The van der Waals surface area contributed by atoms with Gasteiger partial charge >= 0.3 is 5.97 Å². The van der Waals surface area contributed by atoms with Gasteiger partial charge in [-0.1, -0.05) is 13.3 Å². The molecule has 3 atom stereocenters. The molecule has 2 rings (SSSR count). The quantitative estimate of drug-likeness (QED) is 0.705. The number of nitrogens with zero attached hydrogens (tertiary/aromatic N) is 1. The predicted molar refractivity (Wildman–Crippen MR) is 63.3 cm³/mol. The number of esters is 1. The van der Waals surface area contributed by atoms with Gasteiger partial charge < -0.3 is 9.64 Å². The molecule has 0 aliphatic carbocycles. The van der Waals surface area contributed by atoms with Gasteiger partial charge in [-0.2, -0.15) is 0 Å². The summed E-state index contributed by atoms with van der Waals surface area (Å²) in [6, 6.07) is -0.0446. The molecule has 0 bridgehead atoms. The van der Waals surface area contributed by atoms with Crippen LogP contribution in [-0.4, -0.2) is 36.0 Å². The number of methoxy groups -OCH3 is 1. The Morgan fingerprint density at radius 2 is 2.06 bits per heavy atom. The third-order valence-electron chi connectivity index (χ3n) is 4.06. The number of fused-ring (bicyclic) bond motifs is 1. The Hall–Kier alpha value is -1.06. The normalized spacial score (nSPS) is 32.5. The van der Waals surface area contributed by atoms with Gasteiger partial charge in [-0.25, -0.2) is 4.79 Å². The van der Waals surface area contributed by atoms with Crippen molar-refractivity contribution in [1.29, 1.82) is 0 Å². The Kier molecular flexibility index (Phi) is 3.69. The molecule has 0 aromatic carbocycles. The van der Waals surface area contributed by atoms with Crippen molar-refractivity contribution in [2.75, 3.05) is 7.11 Å². The standard InChI is InChI=1S/C13H21NO3/c1-3-4-9-5-6-10-7-8-11(13(16)17-2)14(10)12(9)15/h9-11H,3-8H2,1-2H3/t9-,10+,11+/m1/s1. The minimum atomic E-state index is -0.322. The monoisotopic (exact) mass is 239 g/mol. The summed E-state index contributed by atoms with van der Waals surface area (Å²) >= 11 is 0. The van der Waals surface area contributed by atoms with Crippen LogP contribution in [0.5, 0.6) is 0 Å². The van der Waals surface area contributed by atoms with Gasteiger partial charge in [0.25, 0.3) is 0 Å². The fraction of sp³-hybridized carbons (Fsp3) is 0.846. The lowest BCUT2D eigenvalue weighted by molar-refractivity contribution is -0.156. The van der Waals surface area contributed by atoms with Gasteiger partial charge in [-0.15, -0.1) is 0 Å². The number of amides is 1. The molecule has 0 unspecified atom stereocenters. The van der Waals surface area contributed by atoms with Gasteiger partial charge in [0.2, 0.25) is 5.91 Å². The third-order valence-corrected chi connectivity index (χ3v) is 4.06. The molecule has 96 valence electrons. The number of hydrogen-bond donors (Lipinski definition) is 0. The smallest absolute Gasteiger partial charge is 0.328 e. The van der Waals surface area contributed by atoms with Gasteiger partial charge in [0.1, 0.15) is 6.04 Å². The molecule has 0 aromatic rings. The molecular weight excluding hydrogens is 218 g/mol. The van der Waals surface area contributed by atoms with Crippen molar-refractivity contribution in [3.63, 3.8) is 0 Å². The van der Waals surface area contributed by atoms with E-state index in [1.165, 1.54) is 7.11 Å². The summed E-state index contributed by atoms with van der Waals surface area (Å²) < 4.78 is 4.79. The average molecular weight is 239 g/mol. The van der Waals surface area contributed by atoms with Gasteiger partial charge in [0.05, 0.1) is 7.11 Å². The molecule has 0 N–H and O–H groups in total. The highest BCUT2D eigenvalue weighted by Crippen LogP contribution is 2.36. The summed E-state index contributed by atoms with van der Waals surface area (Å²) in [5.74, 6) is 0.0514. The zero-order chi connectivity index (χ0) is 12.4. The molecule has 0 radical (unpaired) electrons. The summed E-state index contributed by atoms with van der Waals surface area (Å²) in [6.45, 7) is 2.10. The zero-order valence-electron chi connectivity index (χ0n) is 10.6. The van der Waals surface area contributed by atoms with Crippen LogP contribution in [0.1, 0.15) is 45.4 Å². The van der Waals surface area contributed by atoms with Crippen LogP contribution in [0.2, 0.25) is 0 Å². The van der Waals surface area contributed by atoms with E-state index in [2.05, 4.69) is 6.92 Å². The first kappa shape index (κ1) is 12.4. The molecule has 2 heterocycles. The molecule has 1 amide bonds. The van der Waals surface area contributed by atoms with Crippen molar-refractivity contribution in [2.45, 2.75) is 57.5 Å². The summed E-state index contributed by atoms with van der Waals surface area (Å²) in [5.41, 5.74) is 0. The molecule has 0 spiro atoms. The highest BCUT2D eigenvalue weighted by atomic mass is 16.5. The first-order valence-electron chi connectivity index (χ1n) is 6.59. The Labute approximate surface area is 102 Å². The second-order valence-electron chi connectivity index (χ2n) is 5.08. The summed E-state index contributed by atoms with van der Waals surface area (Å²) in [7, 11) is 1.40. The summed E-state index contributed by atoms with van der Waals surface area (Å²) in [5, 5.41) is 0. The second-order valence-corrected chi connectivity index (χ2v) is 5.08. The molecule has 4 nitrogen and oxygen atoms in total. The van der Waals surface area contributed by atoms with Crippen LogP contribution in [0.4, 0.5) is 0 Å². The fourth-order valence-corrected chi connectivity index (χ4v) is 3.21. The maximum Gasteiger partial charge on any atom is 0.328 e. The minimum Gasteiger partial charge on any atom is -0.467 e. The minimum absolute atomic E-state index is 0.126. The van der Waals surface area contributed by atoms with E-state index >= 15 is 0 Å². The molecule has 2 fully saturated rings. The lowest BCUT2D eigenvalue weighted by atomic mass is 9.89. The molecule has 17 heavy (non-hydrogen) atoms. The zero-order valence-corrected chi connectivity index (χ0v) is 10.6. The van der Waals surface area contributed by atoms with Crippen molar-refractivity contribution in [3.05, 3.63) is 0 Å². The lowest BCUT2D eigenvalue weighted by Crippen LogP contribution is -2.50. The Morgan fingerprint density at radius 3 is 2.71 bits per heavy atom. The highest BCUT2D eigenvalue weighted by molar-refractivity contribution is 5.87. The maximum absolute atomic E-state index is 12.3. The first-order chi connectivity index (χ1) is 8.19. The molecule has 0 saturated carbocycles. The largest absolute Gasteiger partial charge is 0.467 e. The third kappa shape index (κ3) is 2.17. The number of hydrogen-bond acceptors (Lipinski definition) is 3. The molecule has 0 aromatic heterocycles. The van der Waals surface area contributed by atoms with E-state index < -0.39 is 0 Å². The number of ether oxygens (including phenoxy) is 1. The number of piperidine rings is 1. The highest BCUT2D eigenvalue weighted by Gasteiger charge is 2.45. The number of carbonyl (C=O) groups is 2. The van der Waals surface area contributed by atoms with Gasteiger partial charge in [0.15, 0.2) is 0 Å². The number of carbonyl (C=O) groups excluding carboxylic acids is 2. The van der Waals surface area contributed by atoms with Crippen molar-refractivity contribution >= 4 is 11.9 Å². The van der Waals surface area contributed by atoms with Gasteiger partial charge in [-0.05, 0) is 32.1 Å². The second kappa shape index (κ2) is 5.07.